The van der Waals surface area contributed by atoms with Crippen LogP contribution in [0.3, 0.4) is 0 Å². The molecule has 8 nitrogen and oxygen atoms in total. The van der Waals surface area contributed by atoms with Gasteiger partial charge in [-0.25, -0.2) is 0 Å². The fourth-order valence-corrected chi connectivity index (χ4v) is 39.5. The molecule has 18 aromatic carbocycles. The molecule has 0 unspecified atom stereocenters. The van der Waals surface area contributed by atoms with E-state index < -0.39 is 26.5 Å². The second-order valence-electron chi connectivity index (χ2n) is 33.2. The summed E-state index contributed by atoms with van der Waals surface area (Å²) >= 11 is -7.24. The summed E-state index contributed by atoms with van der Waals surface area (Å²) in [7, 11) is 0. The maximum absolute atomic E-state index is 5.30. The Labute approximate surface area is 751 Å². The molecule has 0 N–H and O–H groups in total. The average Bonchev–Trinajstić information content (AvgIpc) is 0.929. The summed E-state index contributed by atoms with van der Waals surface area (Å²) in [4.78, 5) is 31.2. The minimum atomic E-state index is -3.76. The van der Waals surface area contributed by atoms with Crippen LogP contribution in [0.1, 0.15) is 22.3 Å². The second kappa shape index (κ2) is 34.6. The summed E-state index contributed by atoms with van der Waals surface area (Å²) in [6, 6.07) is 168. The van der Waals surface area contributed by atoms with Crippen molar-refractivity contribution >= 4 is 105 Å². The van der Waals surface area contributed by atoms with Gasteiger partial charge in [-0.1, -0.05) is 36.4 Å². The summed E-state index contributed by atoms with van der Waals surface area (Å²) in [5.41, 5.74) is 21.7. The quantitative estimate of drug-likeness (QED) is 0.0796. The Morgan fingerprint density at radius 1 is 0.172 bits per heavy atom. The second-order valence-corrected chi connectivity index (χ2v) is 49.1. The fraction of sp³-hybridized carbons (Fsp3) is 0.0339. The molecular weight excluding hydrogens is 1670 g/mol. The van der Waals surface area contributed by atoms with E-state index in [9.17, 15) is 0 Å². The van der Waals surface area contributed by atoms with E-state index in [4.69, 9.17) is 29.9 Å². The van der Waals surface area contributed by atoms with Crippen molar-refractivity contribution in [2.24, 2.45) is 0 Å². The molecular formula is C118H88Ge2N8. The van der Waals surface area contributed by atoms with Crippen LogP contribution >= 0.6 is 0 Å². The molecule has 22 rings (SSSR count). The Morgan fingerprint density at radius 3 is 0.711 bits per heavy atom. The first-order valence-corrected chi connectivity index (χ1v) is 52.1. The van der Waals surface area contributed by atoms with Gasteiger partial charge in [0.15, 0.2) is 0 Å². The van der Waals surface area contributed by atoms with Crippen molar-refractivity contribution in [1.82, 2.24) is 39.0 Å². The zero-order chi connectivity index (χ0) is 86.1. The van der Waals surface area contributed by atoms with Crippen LogP contribution in [0.15, 0.2) is 461 Å². The zero-order valence-electron chi connectivity index (χ0n) is 71.5. The molecule has 128 heavy (non-hydrogen) atoms. The van der Waals surface area contributed by atoms with E-state index in [2.05, 4.69) is 425 Å². The Balaban J connectivity index is 0.000000156. The van der Waals surface area contributed by atoms with Crippen LogP contribution < -0.4 is 35.2 Å². The molecule has 0 bridgehead atoms. The van der Waals surface area contributed by atoms with Crippen molar-refractivity contribution in [3.05, 3.63) is 483 Å². The molecule has 0 saturated carbocycles. The molecule has 22 aromatic rings. The Kier molecular flexibility index (Phi) is 21.6. The zero-order valence-corrected chi connectivity index (χ0v) is 75.7. The predicted molar refractivity (Wildman–Crippen MR) is 538 cm³/mol. The molecule has 608 valence electrons. The standard InChI is InChI=1S/2C59H44GeN4/c1-41-32-34-55-52(36-41)53-37-42(2)33-35-56(53)64(55)50-39-45(38-46(40-50)59-62-57(43-20-8-3-9-21-43)61-58(63-59)44-22-10-4-11-23-44)51-30-18-19-31-54(51)60(47-24-12-5-13-25-47,48-26-14-6-15-27-48)49-28-16-7-17-29-49;1-41-28-34-55-53(36-41)54-37-42(2)29-35-56(54)64(55)52-39-46(38-47(40-52)59-62-57(44-18-8-3-9-19-44)61-58(63-59)45-20-10-4-11-21-45)43-30-32-51(33-31-43)60(48-22-12-5-13-23-48,49-24-14-6-15-25-49)50-26-16-7-17-27-50/h2*3-40H,1-2H3. The van der Waals surface area contributed by atoms with Gasteiger partial charge >= 0.3 is 707 Å². The molecule has 0 atom stereocenters. The summed E-state index contributed by atoms with van der Waals surface area (Å²) < 4.78 is 15.9. The van der Waals surface area contributed by atoms with Gasteiger partial charge in [0, 0.05) is 0 Å². The van der Waals surface area contributed by atoms with Crippen molar-refractivity contribution in [2.75, 3.05) is 0 Å². The van der Waals surface area contributed by atoms with Crippen molar-refractivity contribution < 1.29 is 0 Å². The molecule has 0 aliphatic heterocycles. The van der Waals surface area contributed by atoms with E-state index in [1.165, 1.54) is 84.5 Å². The van der Waals surface area contributed by atoms with E-state index in [0.717, 1.165) is 83.5 Å². The SMILES string of the molecule is Cc1ccc2c(c1)c1cc(C)ccc1n2-c1cc(-c2cc[c]([Ge]([c]3ccccc3)([c]3ccccc3)[c]3ccccc3)cc2)cc(-c2nc(-c3ccccc3)nc(-c3ccccc3)n2)c1.Cc1ccc2c(c1)c1cc(C)ccc1n2-c1cc(-c2nc(-c3ccccc3)nc(-c3ccccc3)n2)cc(-c2cccc[c]2[Ge]([c]2ccccc2)([c]2ccccc2)[c]2ccccc2)c1. The van der Waals surface area contributed by atoms with Crippen LogP contribution in [-0.2, 0) is 0 Å². The average molecular weight is 1760 g/mol. The molecule has 0 fully saturated rings. The first-order chi connectivity index (χ1) is 63.1. The van der Waals surface area contributed by atoms with Crippen LogP contribution in [-0.4, -0.2) is 65.6 Å². The van der Waals surface area contributed by atoms with Gasteiger partial charge in [-0.15, -0.1) is 0 Å². The molecule has 0 aliphatic rings. The van der Waals surface area contributed by atoms with Crippen LogP contribution in [0, 0.1) is 27.7 Å². The Hall–Kier alpha value is -15.3. The number of hydrogen-bond donors (Lipinski definition) is 0. The normalized spacial score (nSPS) is 11.6. The van der Waals surface area contributed by atoms with Gasteiger partial charge in [0.25, 0.3) is 0 Å². The number of nitrogens with zero attached hydrogens (tertiary/aromatic N) is 8. The van der Waals surface area contributed by atoms with Gasteiger partial charge in [-0.2, -0.15) is 0 Å². The number of fused-ring (bicyclic) bond motifs is 6. The van der Waals surface area contributed by atoms with Crippen LogP contribution in [0.5, 0.6) is 0 Å². The number of benzene rings is 18. The molecule has 0 saturated heterocycles. The van der Waals surface area contributed by atoms with Crippen molar-refractivity contribution in [3.63, 3.8) is 0 Å². The summed E-state index contributed by atoms with van der Waals surface area (Å²) in [6.45, 7) is 8.69. The summed E-state index contributed by atoms with van der Waals surface area (Å²) in [5, 5.41) is 4.93. The maximum atomic E-state index is 5.30. The van der Waals surface area contributed by atoms with Gasteiger partial charge < -0.3 is 0 Å². The van der Waals surface area contributed by atoms with E-state index in [0.29, 0.717) is 34.9 Å². The fourth-order valence-electron chi connectivity index (χ4n) is 19.1. The molecule has 0 spiro atoms. The molecule has 0 aliphatic carbocycles. The third kappa shape index (κ3) is 15.0. The summed E-state index contributed by atoms with van der Waals surface area (Å²) in [6.07, 6.45) is 0. The Bertz CT molecular complexity index is 7370. The van der Waals surface area contributed by atoms with Gasteiger partial charge in [0.1, 0.15) is 0 Å². The number of aryl methyl sites for hydroxylation is 4. The molecule has 4 aromatic heterocycles. The number of rotatable bonds is 18. The third-order valence-corrected chi connectivity index (χ3v) is 45.2. The van der Waals surface area contributed by atoms with E-state index in [1.54, 1.807) is 0 Å². The van der Waals surface area contributed by atoms with Crippen molar-refractivity contribution in [2.45, 2.75) is 27.7 Å². The third-order valence-electron chi connectivity index (χ3n) is 25.0. The van der Waals surface area contributed by atoms with Gasteiger partial charge in [0.2, 0.25) is 0 Å². The van der Waals surface area contributed by atoms with E-state index in [1.807, 2.05) is 72.8 Å². The summed E-state index contributed by atoms with van der Waals surface area (Å²) in [5.74, 6) is 3.76. The topological polar surface area (TPSA) is 87.2 Å². The minimum absolute atomic E-state index is 0.614. The first kappa shape index (κ1) is 79.8. The van der Waals surface area contributed by atoms with Gasteiger partial charge in [0.05, 0.1) is 0 Å². The number of aromatic nitrogens is 8. The van der Waals surface area contributed by atoms with E-state index in [-0.39, 0.29) is 0 Å². The van der Waals surface area contributed by atoms with Crippen LogP contribution in [0.2, 0.25) is 0 Å². The molecule has 10 heteroatoms. The number of hydrogen-bond acceptors (Lipinski definition) is 6. The molecule has 4 heterocycles. The van der Waals surface area contributed by atoms with Crippen molar-refractivity contribution in [3.8, 4) is 102 Å². The molecule has 0 radical (unpaired) electrons. The van der Waals surface area contributed by atoms with Crippen LogP contribution in [0.4, 0.5) is 0 Å². The van der Waals surface area contributed by atoms with Gasteiger partial charge in [-0.05, 0) is 13.8 Å². The van der Waals surface area contributed by atoms with Crippen LogP contribution in [0.25, 0.3) is 146 Å². The van der Waals surface area contributed by atoms with E-state index >= 15 is 0 Å². The van der Waals surface area contributed by atoms with Gasteiger partial charge in [-0.3, -0.25) is 0 Å². The monoisotopic (exact) mass is 1760 g/mol. The molecule has 0 amide bonds. The predicted octanol–water partition coefficient (Wildman–Crippen LogP) is 23.3. The van der Waals surface area contributed by atoms with Crippen molar-refractivity contribution in [1.29, 1.82) is 0 Å². The Morgan fingerprint density at radius 2 is 0.406 bits per heavy atom. The first-order valence-electron chi connectivity index (χ1n) is 43.7.